The molecule has 2 rings (SSSR count). The van der Waals surface area contributed by atoms with Gasteiger partial charge < -0.3 is 20.5 Å². The number of sulfonamides is 1. The van der Waals surface area contributed by atoms with E-state index >= 15 is 0 Å². The number of alkyl halides is 3. The van der Waals surface area contributed by atoms with Gasteiger partial charge in [0.05, 0.1) is 6.42 Å². The first-order valence-corrected chi connectivity index (χ1v) is 8.57. The fraction of sp³-hybridized carbons (Fsp3) is 0.214. The van der Waals surface area contributed by atoms with Crippen molar-refractivity contribution in [2.24, 2.45) is 0 Å². The zero-order valence-corrected chi connectivity index (χ0v) is 14.8. The minimum atomic E-state index is -5.08. The number of carboxylic acids is 2. The Bertz CT molecular complexity index is 951. The molecule has 1 aromatic carbocycles. The van der Waals surface area contributed by atoms with Crippen LogP contribution in [0.25, 0.3) is 0 Å². The first-order chi connectivity index (χ1) is 12.7. The lowest BCUT2D eigenvalue weighted by Crippen LogP contribution is -2.21. The minimum absolute atomic E-state index is 0.0710. The van der Waals surface area contributed by atoms with Crippen molar-refractivity contribution in [2.75, 3.05) is 10.5 Å². The molecule has 0 fully saturated rings. The molecule has 0 aliphatic heterocycles. The standard InChI is InChI=1S/C12H13N3O5S.C2HF3O2/c1-7-11(12(13)14-20-7)21(18,19)15-9-4-2-3-8(5-9)6-10(16)17;3-2(4,5)1(6)7/h2-5,15H,6H2,1H3,(H2,13,14)(H,16,17);(H,6,7). The third-order valence-corrected chi connectivity index (χ3v) is 4.42. The van der Waals surface area contributed by atoms with Crippen LogP contribution in [0.4, 0.5) is 24.7 Å². The van der Waals surface area contributed by atoms with Crippen LogP contribution in [0.5, 0.6) is 0 Å². The first kappa shape index (κ1) is 22.8. The van der Waals surface area contributed by atoms with Crippen LogP contribution in [0.1, 0.15) is 11.3 Å². The van der Waals surface area contributed by atoms with Crippen LogP contribution in [0, 0.1) is 6.92 Å². The van der Waals surface area contributed by atoms with Crippen molar-refractivity contribution in [3.8, 4) is 0 Å². The number of nitrogens with two attached hydrogens (primary N) is 1. The van der Waals surface area contributed by atoms with Crippen molar-refractivity contribution in [1.82, 2.24) is 5.16 Å². The number of benzene rings is 1. The lowest BCUT2D eigenvalue weighted by atomic mass is 10.1. The topological polar surface area (TPSA) is 173 Å². The summed E-state index contributed by atoms with van der Waals surface area (Å²) < 4.78 is 63.2. The predicted octanol–water partition coefficient (Wildman–Crippen LogP) is 1.63. The number of nitrogen functional groups attached to an aromatic ring is 1. The Morgan fingerprint density at radius 2 is 1.86 bits per heavy atom. The third kappa shape index (κ3) is 6.46. The smallest absolute Gasteiger partial charge is 0.481 e. The number of halogens is 3. The molecule has 28 heavy (non-hydrogen) atoms. The average Bonchev–Trinajstić information content (AvgIpc) is 2.85. The number of hydrogen-bond acceptors (Lipinski definition) is 7. The molecule has 0 saturated carbocycles. The molecular weight excluding hydrogens is 411 g/mol. The molecule has 2 aromatic rings. The largest absolute Gasteiger partial charge is 0.490 e. The Kier molecular flexibility index (Phi) is 6.99. The van der Waals surface area contributed by atoms with E-state index in [9.17, 15) is 26.4 Å². The van der Waals surface area contributed by atoms with E-state index in [0.717, 1.165) is 0 Å². The highest BCUT2D eigenvalue weighted by Crippen LogP contribution is 2.24. The number of aliphatic carboxylic acids is 2. The number of rotatable bonds is 5. The molecule has 0 amide bonds. The minimum Gasteiger partial charge on any atom is -0.481 e. The van der Waals surface area contributed by atoms with Gasteiger partial charge in [0.15, 0.2) is 16.5 Å². The van der Waals surface area contributed by atoms with Gasteiger partial charge in [-0.05, 0) is 24.6 Å². The maximum absolute atomic E-state index is 12.2. The average molecular weight is 425 g/mol. The van der Waals surface area contributed by atoms with Gasteiger partial charge >= 0.3 is 18.1 Å². The molecule has 14 heteroatoms. The summed E-state index contributed by atoms with van der Waals surface area (Å²) in [7, 11) is -3.96. The Morgan fingerprint density at radius 3 is 2.29 bits per heavy atom. The van der Waals surface area contributed by atoms with E-state index in [0.29, 0.717) is 5.56 Å². The lowest BCUT2D eigenvalue weighted by Gasteiger charge is -2.08. The quantitative estimate of drug-likeness (QED) is 0.555. The third-order valence-electron chi connectivity index (χ3n) is 2.88. The van der Waals surface area contributed by atoms with Crippen molar-refractivity contribution in [3.63, 3.8) is 0 Å². The number of nitrogens with zero attached hydrogens (tertiary/aromatic N) is 1. The van der Waals surface area contributed by atoms with Crippen molar-refractivity contribution in [1.29, 1.82) is 0 Å². The van der Waals surface area contributed by atoms with Crippen molar-refractivity contribution >= 4 is 33.5 Å². The van der Waals surface area contributed by atoms with Gasteiger partial charge in [0.2, 0.25) is 0 Å². The number of nitrogens with one attached hydrogen (secondary N) is 1. The van der Waals surface area contributed by atoms with E-state index in [4.69, 9.17) is 25.3 Å². The van der Waals surface area contributed by atoms with Crippen LogP contribution in [0.2, 0.25) is 0 Å². The summed E-state index contributed by atoms with van der Waals surface area (Å²) >= 11 is 0. The van der Waals surface area contributed by atoms with Gasteiger partial charge in [-0.15, -0.1) is 0 Å². The Hall–Kier alpha value is -3.29. The fourth-order valence-electron chi connectivity index (χ4n) is 1.83. The molecule has 0 atom stereocenters. The van der Waals surface area contributed by atoms with Crippen LogP contribution < -0.4 is 10.5 Å². The molecular formula is C14H14F3N3O7S. The van der Waals surface area contributed by atoms with Gasteiger partial charge in [-0.2, -0.15) is 13.2 Å². The summed E-state index contributed by atoms with van der Waals surface area (Å²) in [6, 6.07) is 6.08. The van der Waals surface area contributed by atoms with E-state index in [-0.39, 0.29) is 28.6 Å². The normalized spacial score (nSPS) is 11.3. The van der Waals surface area contributed by atoms with Gasteiger partial charge in [-0.25, -0.2) is 13.2 Å². The molecule has 0 radical (unpaired) electrons. The number of carbonyl (C=O) groups is 2. The molecule has 0 saturated heterocycles. The Labute approximate surface area is 155 Å². The second kappa shape index (κ2) is 8.60. The molecule has 154 valence electrons. The number of aromatic nitrogens is 1. The van der Waals surface area contributed by atoms with Crippen LogP contribution in [0.3, 0.4) is 0 Å². The molecule has 1 heterocycles. The summed E-state index contributed by atoms with van der Waals surface area (Å²) in [5.41, 5.74) is 6.18. The van der Waals surface area contributed by atoms with Crippen LogP contribution >= 0.6 is 0 Å². The number of anilines is 2. The monoisotopic (exact) mass is 425 g/mol. The summed E-state index contributed by atoms with van der Waals surface area (Å²) in [4.78, 5) is 19.3. The van der Waals surface area contributed by atoms with Crippen molar-refractivity contribution in [3.05, 3.63) is 35.6 Å². The van der Waals surface area contributed by atoms with E-state index < -0.39 is 28.1 Å². The molecule has 0 unspecified atom stereocenters. The molecule has 5 N–H and O–H groups in total. The maximum atomic E-state index is 12.2. The highest BCUT2D eigenvalue weighted by molar-refractivity contribution is 7.93. The zero-order valence-electron chi connectivity index (χ0n) is 14.0. The first-order valence-electron chi connectivity index (χ1n) is 7.09. The van der Waals surface area contributed by atoms with Crippen LogP contribution in [0.15, 0.2) is 33.7 Å². The van der Waals surface area contributed by atoms with E-state index in [1.807, 2.05) is 0 Å². The van der Waals surface area contributed by atoms with Gasteiger partial charge in [-0.3, -0.25) is 9.52 Å². The van der Waals surface area contributed by atoms with Crippen LogP contribution in [-0.2, 0) is 26.0 Å². The Balaban J connectivity index is 0.000000480. The maximum Gasteiger partial charge on any atom is 0.490 e. The highest BCUT2D eigenvalue weighted by atomic mass is 32.2. The van der Waals surface area contributed by atoms with E-state index in [1.54, 1.807) is 12.1 Å². The lowest BCUT2D eigenvalue weighted by molar-refractivity contribution is -0.192. The SMILES string of the molecule is Cc1onc(N)c1S(=O)(=O)Nc1cccc(CC(=O)O)c1.O=C(O)C(F)(F)F. The molecule has 0 spiro atoms. The fourth-order valence-corrected chi connectivity index (χ4v) is 3.10. The number of aryl methyl sites for hydroxylation is 1. The molecule has 0 aliphatic rings. The summed E-state index contributed by atoms with van der Waals surface area (Å²) in [5.74, 6) is -3.93. The van der Waals surface area contributed by atoms with Gasteiger partial charge in [0.25, 0.3) is 10.0 Å². The second-order valence-electron chi connectivity index (χ2n) is 5.13. The number of hydrogen-bond donors (Lipinski definition) is 4. The summed E-state index contributed by atoms with van der Waals surface area (Å²) in [5, 5.41) is 19.2. The van der Waals surface area contributed by atoms with Gasteiger partial charge in [0.1, 0.15) is 0 Å². The predicted molar refractivity (Wildman–Crippen MR) is 87.9 cm³/mol. The van der Waals surface area contributed by atoms with Gasteiger partial charge in [-0.1, -0.05) is 17.3 Å². The summed E-state index contributed by atoms with van der Waals surface area (Å²) in [6.07, 6.45) is -5.29. The molecule has 0 aliphatic carbocycles. The summed E-state index contributed by atoms with van der Waals surface area (Å²) in [6.45, 7) is 1.43. The Morgan fingerprint density at radius 1 is 1.29 bits per heavy atom. The highest BCUT2D eigenvalue weighted by Gasteiger charge is 2.38. The van der Waals surface area contributed by atoms with E-state index in [2.05, 4.69) is 9.88 Å². The molecule has 10 nitrogen and oxygen atoms in total. The van der Waals surface area contributed by atoms with Gasteiger partial charge in [0, 0.05) is 5.69 Å². The number of carboxylic acid groups (broad SMARTS) is 2. The zero-order chi connectivity index (χ0) is 21.7. The van der Waals surface area contributed by atoms with E-state index in [1.165, 1.54) is 19.1 Å². The van der Waals surface area contributed by atoms with Crippen LogP contribution in [-0.4, -0.2) is 41.9 Å². The van der Waals surface area contributed by atoms with Crippen molar-refractivity contribution < 1.29 is 45.9 Å². The van der Waals surface area contributed by atoms with Crippen molar-refractivity contribution in [2.45, 2.75) is 24.4 Å². The molecule has 0 bridgehead atoms. The molecule has 1 aromatic heterocycles. The second-order valence-corrected chi connectivity index (χ2v) is 6.75.